The van der Waals surface area contributed by atoms with Crippen LogP contribution in [0.1, 0.15) is 31.9 Å². The van der Waals surface area contributed by atoms with Gasteiger partial charge >= 0.3 is 6.09 Å². The molecule has 2 aromatic carbocycles. The van der Waals surface area contributed by atoms with Crippen LogP contribution in [0, 0.1) is 6.92 Å². The molecule has 1 aliphatic heterocycles. The predicted molar refractivity (Wildman–Crippen MR) is 99.4 cm³/mol. The normalized spacial score (nSPS) is 17.5. The van der Waals surface area contributed by atoms with Crippen LogP contribution in [0.2, 0.25) is 0 Å². The third-order valence-corrected chi connectivity index (χ3v) is 4.41. The van der Waals surface area contributed by atoms with Crippen molar-refractivity contribution in [3.05, 3.63) is 59.7 Å². The number of cyclic esters (lactones) is 1. The number of amides is 1. The Hall–Kier alpha value is -2.49. The lowest BCUT2D eigenvalue weighted by molar-refractivity contribution is 0.105. The minimum absolute atomic E-state index is 0.112. The highest BCUT2D eigenvalue weighted by Crippen LogP contribution is 2.28. The summed E-state index contributed by atoms with van der Waals surface area (Å²) >= 11 is 0. The van der Waals surface area contributed by atoms with E-state index < -0.39 is 0 Å². The van der Waals surface area contributed by atoms with Crippen molar-refractivity contribution in [1.29, 1.82) is 0 Å². The largest absolute Gasteiger partial charge is 0.489 e. The molecule has 0 radical (unpaired) electrons. The molecule has 1 fully saturated rings. The van der Waals surface area contributed by atoms with Crippen LogP contribution in [0.4, 0.5) is 10.5 Å². The molecule has 0 aromatic heterocycles. The number of hydrogen-bond donors (Lipinski definition) is 0. The Morgan fingerprint density at radius 1 is 1.16 bits per heavy atom. The van der Waals surface area contributed by atoms with E-state index in [0.717, 1.165) is 17.0 Å². The molecular formula is C21H25NO3. The molecule has 0 N–H and O–H groups in total. The molecule has 1 saturated heterocycles. The van der Waals surface area contributed by atoms with E-state index in [0.29, 0.717) is 13.2 Å². The SMILES string of the molecule is Cc1cc(C(C)(C)C)ccc1OCC1CN(c2ccccc2)C(=O)O1. The maximum absolute atomic E-state index is 12.1. The number of anilines is 1. The maximum atomic E-state index is 12.1. The standard InChI is InChI=1S/C21H25NO3/c1-15-12-16(21(2,3)4)10-11-19(15)24-14-18-13-22(20(23)25-18)17-8-6-5-7-9-17/h5-12,18H,13-14H2,1-4H3. The maximum Gasteiger partial charge on any atom is 0.414 e. The lowest BCUT2D eigenvalue weighted by atomic mass is 9.86. The first-order valence-electron chi connectivity index (χ1n) is 8.62. The third kappa shape index (κ3) is 3.95. The predicted octanol–water partition coefficient (Wildman–Crippen LogP) is 4.70. The summed E-state index contributed by atoms with van der Waals surface area (Å²) in [6.07, 6.45) is -0.589. The van der Waals surface area contributed by atoms with E-state index in [1.165, 1.54) is 5.56 Å². The molecule has 3 rings (SSSR count). The van der Waals surface area contributed by atoms with E-state index in [1.54, 1.807) is 4.90 Å². The van der Waals surface area contributed by atoms with E-state index in [1.807, 2.05) is 43.3 Å². The molecule has 0 aliphatic carbocycles. The van der Waals surface area contributed by atoms with Crippen LogP contribution in [-0.4, -0.2) is 25.3 Å². The van der Waals surface area contributed by atoms with E-state index in [9.17, 15) is 4.79 Å². The molecule has 1 heterocycles. The third-order valence-electron chi connectivity index (χ3n) is 4.41. The highest BCUT2D eigenvalue weighted by Gasteiger charge is 2.32. The number of ether oxygens (including phenoxy) is 2. The van der Waals surface area contributed by atoms with Gasteiger partial charge in [0.1, 0.15) is 12.4 Å². The summed E-state index contributed by atoms with van der Waals surface area (Å²) in [6.45, 7) is 9.48. The summed E-state index contributed by atoms with van der Waals surface area (Å²) in [5, 5.41) is 0. The minimum Gasteiger partial charge on any atom is -0.489 e. The summed E-state index contributed by atoms with van der Waals surface area (Å²) in [6, 6.07) is 15.8. The average molecular weight is 339 g/mol. The first kappa shape index (κ1) is 17.3. The van der Waals surface area contributed by atoms with Gasteiger partial charge in [0, 0.05) is 5.69 Å². The number of carbonyl (C=O) groups is 1. The molecule has 2 aromatic rings. The average Bonchev–Trinajstić information content (AvgIpc) is 2.94. The van der Waals surface area contributed by atoms with Crippen molar-refractivity contribution in [1.82, 2.24) is 0 Å². The van der Waals surface area contributed by atoms with E-state index in [4.69, 9.17) is 9.47 Å². The summed E-state index contributed by atoms with van der Waals surface area (Å²) in [7, 11) is 0. The highest BCUT2D eigenvalue weighted by molar-refractivity contribution is 5.89. The van der Waals surface area contributed by atoms with Gasteiger partial charge in [-0.3, -0.25) is 4.90 Å². The van der Waals surface area contributed by atoms with Gasteiger partial charge in [-0.15, -0.1) is 0 Å². The summed E-state index contributed by atoms with van der Waals surface area (Å²) in [4.78, 5) is 13.7. The first-order chi connectivity index (χ1) is 11.8. The van der Waals surface area contributed by atoms with E-state index in [2.05, 4.69) is 32.9 Å². The molecule has 25 heavy (non-hydrogen) atoms. The van der Waals surface area contributed by atoms with Crippen molar-refractivity contribution in [3.8, 4) is 5.75 Å². The molecular weight excluding hydrogens is 314 g/mol. The zero-order valence-corrected chi connectivity index (χ0v) is 15.3. The number of benzene rings is 2. The topological polar surface area (TPSA) is 38.8 Å². The van der Waals surface area contributed by atoms with Gasteiger partial charge in [0.05, 0.1) is 6.54 Å². The second kappa shape index (κ2) is 6.79. The summed E-state index contributed by atoms with van der Waals surface area (Å²) in [5.41, 5.74) is 3.33. The molecule has 1 unspecified atom stereocenters. The van der Waals surface area contributed by atoms with Crippen LogP contribution in [0.5, 0.6) is 5.75 Å². The van der Waals surface area contributed by atoms with Gasteiger partial charge < -0.3 is 9.47 Å². The van der Waals surface area contributed by atoms with Crippen LogP contribution in [-0.2, 0) is 10.2 Å². The second-order valence-electron chi connectivity index (χ2n) is 7.49. The van der Waals surface area contributed by atoms with Crippen molar-refractivity contribution in [2.24, 2.45) is 0 Å². The monoisotopic (exact) mass is 339 g/mol. The van der Waals surface area contributed by atoms with Crippen LogP contribution in [0.15, 0.2) is 48.5 Å². The summed E-state index contributed by atoms with van der Waals surface area (Å²) < 4.78 is 11.3. The fourth-order valence-corrected chi connectivity index (χ4v) is 2.89. The lowest BCUT2D eigenvalue weighted by Gasteiger charge is -2.21. The van der Waals surface area contributed by atoms with Gasteiger partial charge in [-0.2, -0.15) is 0 Å². The number of nitrogens with zero attached hydrogens (tertiary/aromatic N) is 1. The van der Waals surface area contributed by atoms with Gasteiger partial charge in [-0.25, -0.2) is 4.79 Å². The van der Waals surface area contributed by atoms with Crippen molar-refractivity contribution in [3.63, 3.8) is 0 Å². The molecule has 4 nitrogen and oxygen atoms in total. The fraction of sp³-hybridized carbons (Fsp3) is 0.381. The Morgan fingerprint density at radius 2 is 1.88 bits per heavy atom. The second-order valence-corrected chi connectivity index (χ2v) is 7.49. The Labute approximate surface area is 149 Å². The van der Waals surface area contributed by atoms with Gasteiger partial charge in [-0.1, -0.05) is 51.1 Å². The number of carbonyl (C=O) groups excluding carboxylic acids is 1. The molecule has 1 amide bonds. The van der Waals surface area contributed by atoms with Crippen molar-refractivity contribution < 1.29 is 14.3 Å². The van der Waals surface area contributed by atoms with Gasteiger partial charge in [0.2, 0.25) is 0 Å². The Morgan fingerprint density at radius 3 is 2.52 bits per heavy atom. The Bertz CT molecular complexity index is 749. The fourth-order valence-electron chi connectivity index (χ4n) is 2.89. The molecule has 0 bridgehead atoms. The van der Waals surface area contributed by atoms with E-state index >= 15 is 0 Å². The Balaban J connectivity index is 1.62. The van der Waals surface area contributed by atoms with Gasteiger partial charge in [-0.05, 0) is 41.7 Å². The number of aryl methyl sites for hydroxylation is 1. The van der Waals surface area contributed by atoms with Crippen molar-refractivity contribution in [2.45, 2.75) is 39.2 Å². The van der Waals surface area contributed by atoms with Gasteiger partial charge in [0.15, 0.2) is 6.10 Å². The molecule has 4 heteroatoms. The Kier molecular flexibility index (Phi) is 4.71. The molecule has 132 valence electrons. The van der Waals surface area contributed by atoms with Crippen LogP contribution in [0.25, 0.3) is 0 Å². The number of para-hydroxylation sites is 1. The highest BCUT2D eigenvalue weighted by atomic mass is 16.6. The van der Waals surface area contributed by atoms with Gasteiger partial charge in [0.25, 0.3) is 0 Å². The van der Waals surface area contributed by atoms with E-state index in [-0.39, 0.29) is 17.6 Å². The number of hydrogen-bond acceptors (Lipinski definition) is 3. The molecule has 0 spiro atoms. The molecule has 1 atom stereocenters. The smallest absolute Gasteiger partial charge is 0.414 e. The zero-order chi connectivity index (χ0) is 18.0. The quantitative estimate of drug-likeness (QED) is 0.810. The van der Waals surface area contributed by atoms with Crippen LogP contribution >= 0.6 is 0 Å². The lowest BCUT2D eigenvalue weighted by Crippen LogP contribution is -2.26. The van der Waals surface area contributed by atoms with Crippen LogP contribution < -0.4 is 9.64 Å². The first-order valence-corrected chi connectivity index (χ1v) is 8.62. The molecule has 1 aliphatic rings. The zero-order valence-electron chi connectivity index (χ0n) is 15.3. The van der Waals surface area contributed by atoms with Crippen LogP contribution in [0.3, 0.4) is 0 Å². The van der Waals surface area contributed by atoms with Crippen molar-refractivity contribution >= 4 is 11.8 Å². The molecule has 0 saturated carbocycles. The minimum atomic E-state index is -0.320. The summed E-state index contributed by atoms with van der Waals surface area (Å²) in [5.74, 6) is 0.835. The van der Waals surface area contributed by atoms with Crippen molar-refractivity contribution in [2.75, 3.05) is 18.1 Å². The number of rotatable bonds is 4.